The Morgan fingerprint density at radius 3 is 2.61 bits per heavy atom. The molecule has 1 N–H and O–H groups in total. The maximum Gasteiger partial charge on any atom is 0.208 e. The highest BCUT2D eigenvalue weighted by molar-refractivity contribution is 5.19. The minimum absolute atomic E-state index is 0.179. The van der Waals surface area contributed by atoms with E-state index in [0.29, 0.717) is 12.4 Å². The van der Waals surface area contributed by atoms with E-state index in [9.17, 15) is 4.39 Å². The number of hydrogen-bond acceptors (Lipinski definition) is 3. The fourth-order valence-corrected chi connectivity index (χ4v) is 1.89. The van der Waals surface area contributed by atoms with Crippen molar-refractivity contribution < 1.29 is 8.81 Å². The molecule has 0 radical (unpaired) electrons. The zero-order valence-electron chi connectivity index (χ0n) is 10.6. The molecule has 0 spiro atoms. The Bertz CT molecular complexity index is 493. The lowest BCUT2D eigenvalue weighted by Crippen LogP contribution is -2.20. The lowest BCUT2D eigenvalue weighted by molar-refractivity contribution is 0.419. The van der Waals surface area contributed by atoms with E-state index in [0.717, 1.165) is 17.7 Å². The largest absolute Gasteiger partial charge is 0.445 e. The molecule has 0 amide bonds. The second kappa shape index (κ2) is 5.78. The third kappa shape index (κ3) is 3.17. The summed E-state index contributed by atoms with van der Waals surface area (Å²) in [5.74, 6) is 1.27. The highest BCUT2D eigenvalue weighted by Crippen LogP contribution is 2.17. The lowest BCUT2D eigenvalue weighted by Gasteiger charge is -2.16. The van der Waals surface area contributed by atoms with Crippen LogP contribution >= 0.6 is 0 Å². The summed E-state index contributed by atoms with van der Waals surface area (Å²) in [7, 11) is 0. The topological polar surface area (TPSA) is 38.1 Å². The van der Waals surface area contributed by atoms with Crippen molar-refractivity contribution in [1.82, 2.24) is 10.3 Å². The average Bonchev–Trinajstić information content (AvgIpc) is 2.78. The van der Waals surface area contributed by atoms with Gasteiger partial charge in [-0.2, -0.15) is 0 Å². The number of aromatic nitrogens is 1. The first kappa shape index (κ1) is 12.8. The molecule has 0 saturated carbocycles. The van der Waals surface area contributed by atoms with Gasteiger partial charge in [0.2, 0.25) is 5.89 Å². The number of nitrogens with one attached hydrogen (secondary N) is 1. The molecule has 1 atom stereocenters. The molecule has 0 bridgehead atoms. The Morgan fingerprint density at radius 2 is 2.06 bits per heavy atom. The highest BCUT2D eigenvalue weighted by atomic mass is 19.1. The van der Waals surface area contributed by atoms with Crippen molar-refractivity contribution >= 4 is 0 Å². The molecule has 0 aliphatic heterocycles. The van der Waals surface area contributed by atoms with Gasteiger partial charge in [0.25, 0.3) is 0 Å². The van der Waals surface area contributed by atoms with Crippen LogP contribution in [0, 0.1) is 12.7 Å². The zero-order chi connectivity index (χ0) is 13.0. The van der Waals surface area contributed by atoms with Gasteiger partial charge >= 0.3 is 0 Å². The van der Waals surface area contributed by atoms with Gasteiger partial charge in [0.15, 0.2) is 0 Å². The summed E-state index contributed by atoms with van der Waals surface area (Å²) in [6.45, 7) is 4.53. The summed E-state index contributed by atoms with van der Waals surface area (Å²) in [5, 5.41) is 3.36. The predicted molar refractivity (Wildman–Crippen MR) is 67.5 cm³/mol. The minimum atomic E-state index is -0.211. The molecule has 4 heteroatoms. The summed E-state index contributed by atoms with van der Waals surface area (Å²) >= 11 is 0. The molecular formula is C14H17FN2O. The maximum absolute atomic E-state index is 12.9. The van der Waals surface area contributed by atoms with Crippen LogP contribution in [0.1, 0.15) is 36.6 Å². The highest BCUT2D eigenvalue weighted by Gasteiger charge is 2.10. The van der Waals surface area contributed by atoms with Gasteiger partial charge in [-0.05, 0) is 31.0 Å². The van der Waals surface area contributed by atoms with Crippen LogP contribution in [0.2, 0.25) is 0 Å². The van der Waals surface area contributed by atoms with E-state index in [1.165, 1.54) is 12.1 Å². The normalized spacial score (nSPS) is 12.6. The van der Waals surface area contributed by atoms with Crippen molar-refractivity contribution in [2.75, 3.05) is 0 Å². The molecule has 18 heavy (non-hydrogen) atoms. The molecule has 0 aliphatic rings. The summed E-state index contributed by atoms with van der Waals surface area (Å²) < 4.78 is 18.3. The molecule has 0 saturated heterocycles. The van der Waals surface area contributed by atoms with Gasteiger partial charge in [-0.15, -0.1) is 0 Å². The fourth-order valence-electron chi connectivity index (χ4n) is 1.89. The van der Waals surface area contributed by atoms with Gasteiger partial charge in [0.1, 0.15) is 11.6 Å². The standard InChI is InChI=1S/C14H17FN2O/c1-3-13(11-4-6-12(15)7-5-11)16-9-14-17-8-10(2)18-14/h4-8,13,16H,3,9H2,1-2H3. The lowest BCUT2D eigenvalue weighted by atomic mass is 10.0. The van der Waals surface area contributed by atoms with Crippen molar-refractivity contribution in [3.63, 3.8) is 0 Å². The maximum atomic E-state index is 12.9. The Hall–Kier alpha value is -1.68. The Kier molecular flexibility index (Phi) is 4.10. The molecule has 0 fully saturated rings. The second-order valence-electron chi connectivity index (χ2n) is 4.26. The summed E-state index contributed by atoms with van der Waals surface area (Å²) in [5.41, 5.74) is 1.07. The second-order valence-corrected chi connectivity index (χ2v) is 4.26. The quantitative estimate of drug-likeness (QED) is 0.881. The van der Waals surface area contributed by atoms with Crippen molar-refractivity contribution in [3.8, 4) is 0 Å². The van der Waals surface area contributed by atoms with Crippen LogP contribution in [0.25, 0.3) is 0 Å². The predicted octanol–water partition coefficient (Wildman–Crippen LogP) is 3.36. The van der Waals surface area contributed by atoms with Crippen LogP contribution in [0.4, 0.5) is 4.39 Å². The molecule has 0 aliphatic carbocycles. The van der Waals surface area contributed by atoms with Crippen LogP contribution in [-0.2, 0) is 6.54 Å². The first-order valence-corrected chi connectivity index (χ1v) is 6.09. The van der Waals surface area contributed by atoms with Crippen molar-refractivity contribution in [2.45, 2.75) is 32.9 Å². The third-order valence-corrected chi connectivity index (χ3v) is 2.85. The SMILES string of the molecule is CCC(NCc1ncc(C)o1)c1ccc(F)cc1. The molecule has 96 valence electrons. The Balaban J connectivity index is 1.99. The van der Waals surface area contributed by atoms with Gasteiger partial charge in [-0.1, -0.05) is 19.1 Å². The van der Waals surface area contributed by atoms with Crippen molar-refractivity contribution in [2.24, 2.45) is 0 Å². The van der Waals surface area contributed by atoms with Crippen LogP contribution in [-0.4, -0.2) is 4.98 Å². The van der Waals surface area contributed by atoms with E-state index in [-0.39, 0.29) is 11.9 Å². The number of nitrogens with zero attached hydrogens (tertiary/aromatic N) is 1. The first-order valence-electron chi connectivity index (χ1n) is 6.09. The number of aryl methyl sites for hydroxylation is 1. The molecular weight excluding hydrogens is 231 g/mol. The minimum Gasteiger partial charge on any atom is -0.445 e. The smallest absolute Gasteiger partial charge is 0.208 e. The Labute approximate surface area is 106 Å². The monoisotopic (exact) mass is 248 g/mol. The van der Waals surface area contributed by atoms with E-state index in [2.05, 4.69) is 17.2 Å². The van der Waals surface area contributed by atoms with E-state index in [4.69, 9.17) is 4.42 Å². The number of benzene rings is 1. The molecule has 2 aromatic rings. The number of halogens is 1. The van der Waals surface area contributed by atoms with Crippen LogP contribution in [0.3, 0.4) is 0 Å². The van der Waals surface area contributed by atoms with Crippen LogP contribution in [0.15, 0.2) is 34.9 Å². The van der Waals surface area contributed by atoms with Gasteiger partial charge < -0.3 is 9.73 Å². The average molecular weight is 248 g/mol. The molecule has 3 nitrogen and oxygen atoms in total. The van der Waals surface area contributed by atoms with Crippen LogP contribution in [0.5, 0.6) is 0 Å². The molecule has 1 aromatic heterocycles. The van der Waals surface area contributed by atoms with Crippen molar-refractivity contribution in [1.29, 1.82) is 0 Å². The van der Waals surface area contributed by atoms with E-state index in [1.54, 1.807) is 18.3 Å². The van der Waals surface area contributed by atoms with Gasteiger partial charge in [-0.3, -0.25) is 0 Å². The zero-order valence-corrected chi connectivity index (χ0v) is 10.6. The van der Waals surface area contributed by atoms with Crippen molar-refractivity contribution in [3.05, 3.63) is 53.5 Å². The fraction of sp³-hybridized carbons (Fsp3) is 0.357. The number of oxazole rings is 1. The Morgan fingerprint density at radius 1 is 1.33 bits per heavy atom. The summed E-state index contributed by atoms with van der Waals surface area (Å²) in [6, 6.07) is 6.75. The summed E-state index contributed by atoms with van der Waals surface area (Å²) in [6.07, 6.45) is 2.63. The van der Waals surface area contributed by atoms with E-state index < -0.39 is 0 Å². The van der Waals surface area contributed by atoms with Gasteiger partial charge in [0, 0.05) is 6.04 Å². The number of hydrogen-bond donors (Lipinski definition) is 1. The molecule has 1 heterocycles. The summed E-state index contributed by atoms with van der Waals surface area (Å²) in [4.78, 5) is 4.14. The molecule has 2 rings (SSSR count). The molecule has 1 aromatic carbocycles. The third-order valence-electron chi connectivity index (χ3n) is 2.85. The molecule has 1 unspecified atom stereocenters. The van der Waals surface area contributed by atoms with E-state index >= 15 is 0 Å². The number of rotatable bonds is 5. The first-order chi connectivity index (χ1) is 8.69. The van der Waals surface area contributed by atoms with E-state index in [1.807, 2.05) is 6.92 Å². The van der Waals surface area contributed by atoms with Crippen LogP contribution < -0.4 is 5.32 Å². The van der Waals surface area contributed by atoms with Gasteiger partial charge in [-0.25, -0.2) is 9.37 Å². The van der Waals surface area contributed by atoms with Gasteiger partial charge in [0.05, 0.1) is 12.7 Å².